The lowest BCUT2D eigenvalue weighted by molar-refractivity contribution is 0.197. The SMILES string of the molecule is C[C@H](C[C@H]1C=C(N)NC1)Oc1ccccc1. The fourth-order valence-corrected chi connectivity index (χ4v) is 1.98. The first kappa shape index (κ1) is 10.9. The van der Waals surface area contributed by atoms with Crippen molar-refractivity contribution in [3.63, 3.8) is 0 Å². The molecular weight excluding hydrogens is 200 g/mol. The fourth-order valence-electron chi connectivity index (χ4n) is 1.98. The van der Waals surface area contributed by atoms with Gasteiger partial charge in [0.1, 0.15) is 5.75 Å². The molecule has 3 nitrogen and oxygen atoms in total. The third-order valence-electron chi connectivity index (χ3n) is 2.70. The summed E-state index contributed by atoms with van der Waals surface area (Å²) in [4.78, 5) is 0. The molecule has 0 saturated carbocycles. The topological polar surface area (TPSA) is 47.3 Å². The van der Waals surface area contributed by atoms with Crippen molar-refractivity contribution in [1.82, 2.24) is 5.32 Å². The van der Waals surface area contributed by atoms with Crippen LogP contribution in [0.4, 0.5) is 0 Å². The quantitative estimate of drug-likeness (QED) is 0.811. The van der Waals surface area contributed by atoms with Gasteiger partial charge in [0.15, 0.2) is 0 Å². The molecule has 1 heterocycles. The standard InChI is InChI=1S/C13H18N2O/c1-10(7-11-8-13(14)15-9-11)16-12-5-3-2-4-6-12/h2-6,8,10-11,15H,7,9,14H2,1H3/t10-,11+/m1/s1. The van der Waals surface area contributed by atoms with E-state index in [1.54, 1.807) is 0 Å². The van der Waals surface area contributed by atoms with E-state index in [4.69, 9.17) is 10.5 Å². The van der Waals surface area contributed by atoms with Crippen LogP contribution in [0.15, 0.2) is 42.2 Å². The lowest BCUT2D eigenvalue weighted by Crippen LogP contribution is -2.20. The molecular formula is C13H18N2O. The number of ether oxygens (including phenoxy) is 1. The average Bonchev–Trinajstić information content (AvgIpc) is 2.65. The molecule has 86 valence electrons. The highest BCUT2D eigenvalue weighted by Gasteiger charge is 2.17. The molecule has 3 N–H and O–H groups in total. The Morgan fingerprint density at radius 1 is 1.44 bits per heavy atom. The number of hydrogen-bond acceptors (Lipinski definition) is 3. The molecule has 0 bridgehead atoms. The van der Waals surface area contributed by atoms with Crippen molar-refractivity contribution >= 4 is 0 Å². The highest BCUT2D eigenvalue weighted by molar-refractivity contribution is 5.21. The van der Waals surface area contributed by atoms with Crippen LogP contribution in [-0.2, 0) is 0 Å². The molecule has 1 aromatic carbocycles. The molecule has 0 aliphatic carbocycles. The van der Waals surface area contributed by atoms with E-state index in [9.17, 15) is 0 Å². The molecule has 1 aromatic rings. The molecule has 0 saturated heterocycles. The van der Waals surface area contributed by atoms with Gasteiger partial charge in [0.2, 0.25) is 0 Å². The Labute approximate surface area is 96.3 Å². The van der Waals surface area contributed by atoms with E-state index in [1.165, 1.54) is 0 Å². The van der Waals surface area contributed by atoms with Crippen LogP contribution < -0.4 is 15.8 Å². The second kappa shape index (κ2) is 4.92. The zero-order valence-electron chi connectivity index (χ0n) is 9.52. The first-order valence-electron chi connectivity index (χ1n) is 5.67. The van der Waals surface area contributed by atoms with Crippen LogP contribution in [0.2, 0.25) is 0 Å². The zero-order valence-corrected chi connectivity index (χ0v) is 9.52. The molecule has 3 heteroatoms. The summed E-state index contributed by atoms with van der Waals surface area (Å²) in [5, 5.41) is 3.12. The summed E-state index contributed by atoms with van der Waals surface area (Å²) in [7, 11) is 0. The third kappa shape index (κ3) is 2.92. The van der Waals surface area contributed by atoms with Gasteiger partial charge in [0.25, 0.3) is 0 Å². The van der Waals surface area contributed by atoms with Gasteiger partial charge in [-0.1, -0.05) is 18.2 Å². The Hall–Kier alpha value is -1.64. The van der Waals surface area contributed by atoms with E-state index >= 15 is 0 Å². The van der Waals surface area contributed by atoms with Crippen LogP contribution in [0.1, 0.15) is 13.3 Å². The largest absolute Gasteiger partial charge is 0.491 e. The van der Waals surface area contributed by atoms with Gasteiger partial charge in [-0.3, -0.25) is 0 Å². The van der Waals surface area contributed by atoms with E-state index in [0.29, 0.717) is 5.92 Å². The molecule has 16 heavy (non-hydrogen) atoms. The monoisotopic (exact) mass is 218 g/mol. The second-order valence-electron chi connectivity index (χ2n) is 4.24. The number of nitrogens with one attached hydrogen (secondary N) is 1. The molecule has 0 unspecified atom stereocenters. The summed E-state index contributed by atoms with van der Waals surface area (Å²) < 4.78 is 5.81. The van der Waals surface area contributed by atoms with Gasteiger partial charge < -0.3 is 15.8 Å². The molecule has 0 fully saturated rings. The Balaban J connectivity index is 1.83. The van der Waals surface area contributed by atoms with Gasteiger partial charge in [0.05, 0.1) is 11.9 Å². The summed E-state index contributed by atoms with van der Waals surface area (Å²) >= 11 is 0. The lowest BCUT2D eigenvalue weighted by atomic mass is 10.0. The summed E-state index contributed by atoms with van der Waals surface area (Å²) in [5.41, 5.74) is 5.66. The molecule has 1 aliphatic rings. The van der Waals surface area contributed by atoms with Crippen LogP contribution in [-0.4, -0.2) is 12.6 Å². The van der Waals surface area contributed by atoms with E-state index in [0.717, 1.165) is 24.5 Å². The number of rotatable bonds is 4. The highest BCUT2D eigenvalue weighted by Crippen LogP contribution is 2.18. The van der Waals surface area contributed by atoms with Crippen LogP contribution in [0.5, 0.6) is 5.75 Å². The maximum absolute atomic E-state index is 5.81. The first-order chi connectivity index (χ1) is 7.74. The number of benzene rings is 1. The summed E-state index contributed by atoms with van der Waals surface area (Å²) in [6, 6.07) is 9.91. The van der Waals surface area contributed by atoms with E-state index < -0.39 is 0 Å². The third-order valence-corrected chi connectivity index (χ3v) is 2.70. The van der Waals surface area contributed by atoms with Crippen molar-refractivity contribution in [2.45, 2.75) is 19.4 Å². The minimum atomic E-state index is 0.205. The predicted molar refractivity (Wildman–Crippen MR) is 64.9 cm³/mol. The predicted octanol–water partition coefficient (Wildman–Crippen LogP) is 1.86. The first-order valence-corrected chi connectivity index (χ1v) is 5.67. The maximum Gasteiger partial charge on any atom is 0.119 e. The molecule has 1 aliphatic heterocycles. The Morgan fingerprint density at radius 3 is 2.81 bits per heavy atom. The van der Waals surface area contributed by atoms with Gasteiger partial charge in [-0.05, 0) is 31.6 Å². The summed E-state index contributed by atoms with van der Waals surface area (Å²) in [6.07, 6.45) is 3.27. The van der Waals surface area contributed by atoms with Crippen molar-refractivity contribution in [3.05, 3.63) is 42.2 Å². The van der Waals surface area contributed by atoms with Crippen molar-refractivity contribution < 1.29 is 4.74 Å². The van der Waals surface area contributed by atoms with E-state index in [2.05, 4.69) is 18.3 Å². The molecule has 0 spiro atoms. The van der Waals surface area contributed by atoms with Crippen molar-refractivity contribution in [1.29, 1.82) is 0 Å². The molecule has 0 aromatic heterocycles. The van der Waals surface area contributed by atoms with Crippen molar-refractivity contribution in [3.8, 4) is 5.75 Å². The molecule has 0 amide bonds. The smallest absolute Gasteiger partial charge is 0.119 e. The van der Waals surface area contributed by atoms with Crippen LogP contribution in [0, 0.1) is 5.92 Å². The van der Waals surface area contributed by atoms with E-state index in [-0.39, 0.29) is 6.10 Å². The lowest BCUT2D eigenvalue weighted by Gasteiger charge is -2.17. The summed E-state index contributed by atoms with van der Waals surface area (Å²) in [6.45, 7) is 3.02. The van der Waals surface area contributed by atoms with Gasteiger partial charge >= 0.3 is 0 Å². The molecule has 0 radical (unpaired) electrons. The molecule has 2 rings (SSSR count). The summed E-state index contributed by atoms with van der Waals surface area (Å²) in [5.74, 6) is 2.20. The fraction of sp³-hybridized carbons (Fsp3) is 0.385. The Bertz CT molecular complexity index is 361. The number of hydrogen-bond donors (Lipinski definition) is 2. The van der Waals surface area contributed by atoms with Crippen LogP contribution >= 0.6 is 0 Å². The normalized spacial score (nSPS) is 21.1. The number of para-hydroxylation sites is 1. The Kier molecular flexibility index (Phi) is 3.34. The van der Waals surface area contributed by atoms with Crippen LogP contribution in [0.25, 0.3) is 0 Å². The maximum atomic E-state index is 5.81. The second-order valence-corrected chi connectivity index (χ2v) is 4.24. The number of nitrogens with two attached hydrogens (primary N) is 1. The van der Waals surface area contributed by atoms with Crippen molar-refractivity contribution in [2.24, 2.45) is 11.7 Å². The molecule has 2 atom stereocenters. The van der Waals surface area contributed by atoms with Gasteiger partial charge in [-0.15, -0.1) is 0 Å². The van der Waals surface area contributed by atoms with Gasteiger partial charge in [0, 0.05) is 12.5 Å². The van der Waals surface area contributed by atoms with Gasteiger partial charge in [-0.25, -0.2) is 0 Å². The van der Waals surface area contributed by atoms with E-state index in [1.807, 2.05) is 30.3 Å². The average molecular weight is 218 g/mol. The highest BCUT2D eigenvalue weighted by atomic mass is 16.5. The minimum absolute atomic E-state index is 0.205. The Morgan fingerprint density at radius 2 is 2.19 bits per heavy atom. The van der Waals surface area contributed by atoms with Crippen molar-refractivity contribution in [2.75, 3.05) is 6.54 Å². The van der Waals surface area contributed by atoms with Crippen LogP contribution in [0.3, 0.4) is 0 Å². The minimum Gasteiger partial charge on any atom is -0.491 e. The zero-order chi connectivity index (χ0) is 11.4. The van der Waals surface area contributed by atoms with Gasteiger partial charge in [-0.2, -0.15) is 0 Å².